The molecule has 1 aliphatic rings. The van der Waals surface area contributed by atoms with Crippen molar-refractivity contribution in [3.8, 4) is 0 Å². The maximum Gasteiger partial charge on any atom is 0.394 e. The predicted molar refractivity (Wildman–Crippen MR) is 67.6 cm³/mol. The molecule has 0 radical (unpaired) electrons. The second-order valence-corrected chi connectivity index (χ2v) is 5.17. The number of rotatable bonds is 0. The molecule has 0 aliphatic carbocycles. The van der Waals surface area contributed by atoms with Crippen LogP contribution in [0.25, 0.3) is 0 Å². The van der Waals surface area contributed by atoms with Crippen LogP contribution in [0.5, 0.6) is 0 Å². The van der Waals surface area contributed by atoms with E-state index in [9.17, 15) is 0 Å². The molecule has 1 rings (SSSR count). The van der Waals surface area contributed by atoms with Gasteiger partial charge in [0, 0.05) is 0 Å². The van der Waals surface area contributed by atoms with Crippen LogP contribution in [0.2, 0.25) is 0 Å². The van der Waals surface area contributed by atoms with E-state index in [1.807, 2.05) is 0 Å². The van der Waals surface area contributed by atoms with E-state index in [1.54, 1.807) is 0 Å². The lowest BCUT2D eigenvalue weighted by Gasteiger charge is -2.02. The normalized spacial score (nSPS) is 20.6. The molecule has 1 fully saturated rings. The summed E-state index contributed by atoms with van der Waals surface area (Å²) in [6, 6.07) is 0. The van der Waals surface area contributed by atoms with Gasteiger partial charge in [0.15, 0.2) is 0 Å². The molecule has 18 heavy (non-hydrogen) atoms. The van der Waals surface area contributed by atoms with Gasteiger partial charge in [-0.3, -0.25) is 9.11 Å². The van der Waals surface area contributed by atoms with Crippen LogP contribution in [0.4, 0.5) is 0 Å². The van der Waals surface area contributed by atoms with Gasteiger partial charge < -0.3 is 0 Å². The molecule has 0 bridgehead atoms. The quantitative estimate of drug-likeness (QED) is 0.525. The van der Waals surface area contributed by atoms with Gasteiger partial charge in [0.05, 0.1) is 13.2 Å². The van der Waals surface area contributed by atoms with Crippen molar-refractivity contribution in [2.75, 3.05) is 13.2 Å². The molecule has 1 aliphatic heterocycles. The van der Waals surface area contributed by atoms with Crippen LogP contribution in [0, 0.1) is 0 Å². The molecular weight excluding hydrogens is 260 g/mol. The highest BCUT2D eigenvalue weighted by molar-refractivity contribution is 7.79. The lowest BCUT2D eigenvalue weighted by Crippen LogP contribution is -1.98. The molecule has 0 aromatic rings. The number of hydrogen-bond donors (Lipinski definition) is 2. The molecule has 0 saturated carbocycles. The Labute approximate surface area is 109 Å². The fraction of sp³-hybridized carbons (Fsp3) is 1.00. The third-order valence-corrected chi connectivity index (χ3v) is 2.54. The van der Waals surface area contributed by atoms with Crippen LogP contribution in [0.1, 0.15) is 57.8 Å². The lowest BCUT2D eigenvalue weighted by atomic mass is 10.1. The minimum absolute atomic E-state index is 0.778. The Morgan fingerprint density at radius 2 is 0.833 bits per heavy atom. The molecule has 0 aromatic carbocycles. The monoisotopic (exact) mass is 284 g/mol. The average Bonchev–Trinajstić information content (AvgIpc) is 2.27. The van der Waals surface area contributed by atoms with Gasteiger partial charge in [-0.15, -0.1) is 0 Å². The van der Waals surface area contributed by atoms with Gasteiger partial charge in [0.1, 0.15) is 0 Å². The van der Waals surface area contributed by atoms with Crippen molar-refractivity contribution in [2.45, 2.75) is 57.8 Å². The topological polar surface area (TPSA) is 93.1 Å². The maximum atomic E-state index is 8.74. The molecule has 0 spiro atoms. The van der Waals surface area contributed by atoms with Crippen LogP contribution >= 0.6 is 0 Å². The molecule has 1 saturated heterocycles. The zero-order chi connectivity index (χ0) is 13.7. The van der Waals surface area contributed by atoms with E-state index < -0.39 is 10.4 Å². The fourth-order valence-corrected chi connectivity index (χ4v) is 1.68. The van der Waals surface area contributed by atoms with Gasteiger partial charge in [-0.1, -0.05) is 44.9 Å². The van der Waals surface area contributed by atoms with Crippen LogP contribution in [0.15, 0.2) is 0 Å². The van der Waals surface area contributed by atoms with Crippen molar-refractivity contribution in [2.24, 2.45) is 0 Å². The Bertz CT molecular complexity index is 209. The molecule has 2 N–H and O–H groups in total. The SMILES string of the molecule is C1CCCCCOOCCCCC1.O=S(=O)(O)O. The summed E-state index contributed by atoms with van der Waals surface area (Å²) in [7, 11) is -4.67. The summed E-state index contributed by atoms with van der Waals surface area (Å²) in [6.45, 7) is 1.56. The smallest absolute Gasteiger partial charge is 0.264 e. The van der Waals surface area contributed by atoms with Crippen molar-refractivity contribution in [3.05, 3.63) is 0 Å². The Morgan fingerprint density at radius 3 is 1.11 bits per heavy atom. The van der Waals surface area contributed by atoms with Crippen LogP contribution in [-0.4, -0.2) is 30.7 Å². The third-order valence-electron chi connectivity index (χ3n) is 2.54. The summed E-state index contributed by atoms with van der Waals surface area (Å²) in [5.41, 5.74) is 0. The predicted octanol–water partition coefficient (Wildman–Crippen LogP) is 2.81. The van der Waals surface area contributed by atoms with E-state index >= 15 is 0 Å². The zero-order valence-corrected chi connectivity index (χ0v) is 11.5. The summed E-state index contributed by atoms with van der Waals surface area (Å²) >= 11 is 0. The average molecular weight is 284 g/mol. The first-order valence-corrected chi connectivity index (χ1v) is 7.84. The summed E-state index contributed by atoms with van der Waals surface area (Å²) < 4.78 is 31.6. The van der Waals surface area contributed by atoms with Gasteiger partial charge >= 0.3 is 10.4 Å². The van der Waals surface area contributed by atoms with Crippen LogP contribution in [-0.2, 0) is 20.2 Å². The first kappa shape index (κ1) is 17.8. The second-order valence-electron chi connectivity index (χ2n) is 4.27. The minimum atomic E-state index is -4.67. The van der Waals surface area contributed by atoms with E-state index in [0.717, 1.165) is 26.1 Å². The zero-order valence-electron chi connectivity index (χ0n) is 10.7. The van der Waals surface area contributed by atoms with Crippen LogP contribution < -0.4 is 0 Å². The highest BCUT2D eigenvalue weighted by Gasteiger charge is 1.96. The van der Waals surface area contributed by atoms with E-state index in [2.05, 4.69) is 0 Å². The van der Waals surface area contributed by atoms with Gasteiger partial charge in [0.25, 0.3) is 0 Å². The van der Waals surface area contributed by atoms with Crippen molar-refractivity contribution in [1.29, 1.82) is 0 Å². The molecule has 6 nitrogen and oxygen atoms in total. The standard InChI is InChI=1S/C11H22O2.H2O4S/c1-2-4-6-8-10-12-13-11-9-7-5-3-1;1-5(2,3)4/h1-11H2;(H2,1,2,3,4). The summed E-state index contributed by atoms with van der Waals surface area (Å²) in [5, 5.41) is 0. The van der Waals surface area contributed by atoms with E-state index in [4.69, 9.17) is 27.3 Å². The van der Waals surface area contributed by atoms with Gasteiger partial charge in [-0.2, -0.15) is 8.42 Å². The largest absolute Gasteiger partial charge is 0.394 e. The molecule has 0 atom stereocenters. The second kappa shape index (κ2) is 11.9. The molecule has 7 heteroatoms. The van der Waals surface area contributed by atoms with Crippen LogP contribution in [0.3, 0.4) is 0 Å². The van der Waals surface area contributed by atoms with Crippen molar-refractivity contribution in [3.63, 3.8) is 0 Å². The third kappa shape index (κ3) is 21.1. The van der Waals surface area contributed by atoms with Gasteiger partial charge in [-0.05, 0) is 12.8 Å². The maximum absolute atomic E-state index is 8.74. The Balaban J connectivity index is 0.000000494. The summed E-state index contributed by atoms with van der Waals surface area (Å²) in [6.07, 6.45) is 11.9. The van der Waals surface area contributed by atoms with Crippen molar-refractivity contribution >= 4 is 10.4 Å². The Kier molecular flexibility index (Phi) is 11.7. The molecule has 0 amide bonds. The van der Waals surface area contributed by atoms with Crippen molar-refractivity contribution < 1.29 is 27.3 Å². The molecule has 110 valence electrons. The first-order chi connectivity index (χ1) is 8.50. The first-order valence-electron chi connectivity index (χ1n) is 6.44. The van der Waals surface area contributed by atoms with Gasteiger partial charge in [0.2, 0.25) is 0 Å². The van der Waals surface area contributed by atoms with Crippen molar-refractivity contribution in [1.82, 2.24) is 0 Å². The molecule has 0 aromatic heterocycles. The minimum Gasteiger partial charge on any atom is -0.264 e. The lowest BCUT2D eigenvalue weighted by molar-refractivity contribution is -0.295. The molecule has 0 unspecified atom stereocenters. The number of hydrogen-bond acceptors (Lipinski definition) is 4. The fourth-order valence-electron chi connectivity index (χ4n) is 1.68. The van der Waals surface area contributed by atoms with E-state index in [0.29, 0.717) is 0 Å². The highest BCUT2D eigenvalue weighted by Crippen LogP contribution is 2.10. The summed E-state index contributed by atoms with van der Waals surface area (Å²) in [5.74, 6) is 0. The highest BCUT2D eigenvalue weighted by atomic mass is 32.3. The molecule has 1 heterocycles. The Hall–Kier alpha value is -0.210. The molecular formula is C11H24O6S. The van der Waals surface area contributed by atoms with E-state index in [1.165, 1.54) is 44.9 Å². The Morgan fingerprint density at radius 1 is 0.611 bits per heavy atom. The van der Waals surface area contributed by atoms with Gasteiger partial charge in [-0.25, -0.2) is 9.78 Å². The summed E-state index contributed by atoms with van der Waals surface area (Å²) in [4.78, 5) is 10.1. The van der Waals surface area contributed by atoms with E-state index in [-0.39, 0.29) is 0 Å².